The Morgan fingerprint density at radius 1 is 1.24 bits per heavy atom. The number of halogens is 1. The Kier molecular flexibility index (Phi) is 6.09. The summed E-state index contributed by atoms with van der Waals surface area (Å²) in [6, 6.07) is 10.4. The number of hydrogen-bond acceptors (Lipinski definition) is 3. The molecule has 0 bridgehead atoms. The Bertz CT molecular complexity index is 582. The van der Waals surface area contributed by atoms with Crippen LogP contribution in [0.2, 0.25) is 5.02 Å². The Balaban J connectivity index is 2.00. The van der Waals surface area contributed by atoms with Gasteiger partial charge >= 0.3 is 0 Å². The van der Waals surface area contributed by atoms with Crippen LogP contribution in [0.25, 0.3) is 0 Å². The maximum Gasteiger partial charge on any atom is 0.101 e. The molecule has 0 saturated heterocycles. The third-order valence-corrected chi connectivity index (χ3v) is 4.39. The number of hydrogen-bond donors (Lipinski definition) is 1. The van der Waals surface area contributed by atoms with Gasteiger partial charge in [0.25, 0.3) is 0 Å². The third kappa shape index (κ3) is 5.34. The molecule has 21 heavy (non-hydrogen) atoms. The van der Waals surface area contributed by atoms with Gasteiger partial charge in [0.2, 0.25) is 0 Å². The Hall–Kier alpha value is -1.03. The van der Waals surface area contributed by atoms with Crippen LogP contribution in [0, 0.1) is 12.8 Å². The lowest BCUT2D eigenvalue weighted by Gasteiger charge is -2.10. The van der Waals surface area contributed by atoms with Gasteiger partial charge in [-0.2, -0.15) is 0 Å². The van der Waals surface area contributed by atoms with E-state index < -0.39 is 0 Å². The molecule has 1 heterocycles. The number of nitrogens with one attached hydrogen (secondary N) is 1. The van der Waals surface area contributed by atoms with Crippen molar-refractivity contribution in [2.24, 2.45) is 5.92 Å². The van der Waals surface area contributed by atoms with E-state index in [1.807, 2.05) is 12.1 Å². The predicted molar refractivity (Wildman–Crippen MR) is 91.1 cm³/mol. The average molecular weight is 321 g/mol. The summed E-state index contributed by atoms with van der Waals surface area (Å²) in [6.45, 7) is 8.55. The van der Waals surface area contributed by atoms with E-state index >= 15 is 0 Å². The van der Waals surface area contributed by atoms with E-state index in [2.05, 4.69) is 49.3 Å². The second kappa shape index (κ2) is 7.83. The lowest BCUT2D eigenvalue weighted by atomic mass is 10.1. The first-order chi connectivity index (χ1) is 10.0. The van der Waals surface area contributed by atoms with E-state index in [1.54, 1.807) is 18.0 Å². The second-order valence-electron chi connectivity index (χ2n) is 5.54. The monoisotopic (exact) mass is 320 g/mol. The zero-order valence-corrected chi connectivity index (χ0v) is 14.3. The highest BCUT2D eigenvalue weighted by atomic mass is 35.5. The highest BCUT2D eigenvalue weighted by Gasteiger charge is 2.04. The van der Waals surface area contributed by atoms with Crippen LogP contribution in [0.4, 0.5) is 0 Å². The number of benzene rings is 1. The quantitative estimate of drug-likeness (QED) is 0.816. The van der Waals surface area contributed by atoms with Crippen molar-refractivity contribution in [1.29, 1.82) is 0 Å². The first-order valence-electron chi connectivity index (χ1n) is 7.14. The highest BCUT2D eigenvalue weighted by Crippen LogP contribution is 2.29. The molecule has 2 nitrogen and oxygen atoms in total. The van der Waals surface area contributed by atoms with E-state index in [0.29, 0.717) is 10.9 Å². The molecule has 0 atom stereocenters. The van der Waals surface area contributed by atoms with Gasteiger partial charge in [-0.25, -0.2) is 4.98 Å². The summed E-state index contributed by atoms with van der Waals surface area (Å²) < 4.78 is 0. The maximum absolute atomic E-state index is 5.86. The molecule has 0 saturated carbocycles. The van der Waals surface area contributed by atoms with Gasteiger partial charge in [0.15, 0.2) is 0 Å². The molecule has 2 aromatic rings. The minimum Gasteiger partial charge on any atom is -0.312 e. The summed E-state index contributed by atoms with van der Waals surface area (Å²) in [5, 5.41) is 5.10. The van der Waals surface area contributed by atoms with Crippen LogP contribution in [0.15, 0.2) is 46.5 Å². The van der Waals surface area contributed by atoms with Crippen LogP contribution in [0.3, 0.4) is 0 Å². The molecule has 1 N–H and O–H groups in total. The van der Waals surface area contributed by atoms with Gasteiger partial charge in [-0.1, -0.05) is 49.3 Å². The number of pyridine rings is 1. The fraction of sp³-hybridized carbons (Fsp3) is 0.353. The van der Waals surface area contributed by atoms with Gasteiger partial charge in [-0.05, 0) is 48.7 Å². The van der Waals surface area contributed by atoms with E-state index in [-0.39, 0.29) is 0 Å². The van der Waals surface area contributed by atoms with Crippen molar-refractivity contribution < 1.29 is 0 Å². The van der Waals surface area contributed by atoms with Crippen molar-refractivity contribution in [3.8, 4) is 0 Å². The summed E-state index contributed by atoms with van der Waals surface area (Å²) in [7, 11) is 0. The van der Waals surface area contributed by atoms with Gasteiger partial charge in [-0.15, -0.1) is 0 Å². The van der Waals surface area contributed by atoms with Gasteiger partial charge in [0, 0.05) is 17.6 Å². The maximum atomic E-state index is 5.86. The SMILES string of the molecule is Cc1cc(CNCC(C)C)ccc1Sc1ccc(Cl)cn1. The molecule has 0 aliphatic heterocycles. The van der Waals surface area contributed by atoms with Gasteiger partial charge in [0.05, 0.1) is 5.02 Å². The Morgan fingerprint density at radius 2 is 2.05 bits per heavy atom. The van der Waals surface area contributed by atoms with E-state index in [0.717, 1.165) is 18.1 Å². The minimum absolute atomic E-state index is 0.669. The lowest BCUT2D eigenvalue weighted by molar-refractivity contribution is 0.552. The molecule has 0 radical (unpaired) electrons. The highest BCUT2D eigenvalue weighted by molar-refractivity contribution is 7.99. The standard InChI is InChI=1S/C17H21ClN2S/c1-12(2)9-19-10-14-4-6-16(13(3)8-14)21-17-7-5-15(18)11-20-17/h4-8,11-12,19H,9-10H2,1-3H3. The molecule has 0 unspecified atom stereocenters. The summed E-state index contributed by atoms with van der Waals surface area (Å²) in [4.78, 5) is 5.56. The molecule has 1 aromatic heterocycles. The first kappa shape index (κ1) is 16.3. The third-order valence-electron chi connectivity index (χ3n) is 3.04. The van der Waals surface area contributed by atoms with Crippen LogP contribution in [0.5, 0.6) is 0 Å². The molecule has 0 fully saturated rings. The Morgan fingerprint density at radius 3 is 2.67 bits per heavy atom. The number of aromatic nitrogens is 1. The largest absolute Gasteiger partial charge is 0.312 e. The number of aryl methyl sites for hydroxylation is 1. The molecular weight excluding hydrogens is 300 g/mol. The summed E-state index contributed by atoms with van der Waals surface area (Å²) in [6.07, 6.45) is 1.68. The normalized spacial score (nSPS) is 11.1. The number of nitrogens with zero attached hydrogens (tertiary/aromatic N) is 1. The minimum atomic E-state index is 0.669. The summed E-state index contributed by atoms with van der Waals surface area (Å²) in [5.74, 6) is 0.678. The molecular formula is C17H21ClN2S. The van der Waals surface area contributed by atoms with Crippen LogP contribution >= 0.6 is 23.4 Å². The molecule has 0 aliphatic carbocycles. The molecule has 0 spiro atoms. The van der Waals surface area contributed by atoms with Crippen molar-refractivity contribution in [2.45, 2.75) is 37.2 Å². The topological polar surface area (TPSA) is 24.9 Å². The van der Waals surface area contributed by atoms with E-state index in [9.17, 15) is 0 Å². The van der Waals surface area contributed by atoms with Crippen LogP contribution < -0.4 is 5.32 Å². The van der Waals surface area contributed by atoms with Crippen molar-refractivity contribution in [1.82, 2.24) is 10.3 Å². The van der Waals surface area contributed by atoms with Crippen molar-refractivity contribution in [3.05, 3.63) is 52.7 Å². The fourth-order valence-corrected chi connectivity index (χ4v) is 2.91. The molecule has 0 amide bonds. The average Bonchev–Trinajstić information content (AvgIpc) is 2.44. The van der Waals surface area contributed by atoms with Crippen molar-refractivity contribution in [3.63, 3.8) is 0 Å². The Labute approximate surface area is 136 Å². The number of rotatable bonds is 6. The van der Waals surface area contributed by atoms with Crippen molar-refractivity contribution >= 4 is 23.4 Å². The summed E-state index contributed by atoms with van der Waals surface area (Å²) >= 11 is 7.53. The van der Waals surface area contributed by atoms with Gasteiger partial charge < -0.3 is 5.32 Å². The van der Waals surface area contributed by atoms with Crippen molar-refractivity contribution in [2.75, 3.05) is 6.54 Å². The molecule has 1 aromatic carbocycles. The lowest BCUT2D eigenvalue weighted by Crippen LogP contribution is -2.18. The van der Waals surface area contributed by atoms with Crippen LogP contribution in [-0.4, -0.2) is 11.5 Å². The van der Waals surface area contributed by atoms with E-state index in [1.165, 1.54) is 16.0 Å². The molecule has 4 heteroatoms. The molecule has 0 aliphatic rings. The van der Waals surface area contributed by atoms with Gasteiger partial charge in [0.1, 0.15) is 5.03 Å². The zero-order chi connectivity index (χ0) is 15.2. The molecule has 2 rings (SSSR count). The fourth-order valence-electron chi connectivity index (χ4n) is 1.98. The van der Waals surface area contributed by atoms with Crippen LogP contribution in [-0.2, 0) is 6.54 Å². The van der Waals surface area contributed by atoms with Gasteiger partial charge in [-0.3, -0.25) is 0 Å². The second-order valence-corrected chi connectivity index (χ2v) is 7.04. The molecule has 112 valence electrons. The van der Waals surface area contributed by atoms with Crippen LogP contribution in [0.1, 0.15) is 25.0 Å². The summed E-state index contributed by atoms with van der Waals surface area (Å²) in [5.41, 5.74) is 2.60. The first-order valence-corrected chi connectivity index (χ1v) is 8.33. The predicted octanol–water partition coefficient (Wildman–Crippen LogP) is 4.94. The zero-order valence-electron chi connectivity index (χ0n) is 12.7. The van der Waals surface area contributed by atoms with E-state index in [4.69, 9.17) is 11.6 Å². The smallest absolute Gasteiger partial charge is 0.101 e.